The van der Waals surface area contributed by atoms with E-state index in [-0.39, 0.29) is 49.1 Å². The van der Waals surface area contributed by atoms with Crippen LogP contribution in [0.2, 0.25) is 0 Å². The zero-order valence-corrected chi connectivity index (χ0v) is 42.1. The van der Waals surface area contributed by atoms with E-state index >= 15 is 0 Å². The summed E-state index contributed by atoms with van der Waals surface area (Å²) < 4.78 is 17.2. The predicted molar refractivity (Wildman–Crippen MR) is 272 cm³/mol. The van der Waals surface area contributed by atoms with Crippen LogP contribution >= 0.6 is 0 Å². The van der Waals surface area contributed by atoms with Crippen molar-refractivity contribution in [3.63, 3.8) is 0 Å². The average molecular weight is 906 g/mol. The molecule has 0 N–H and O–H groups in total. The van der Waals surface area contributed by atoms with Gasteiger partial charge in [-0.15, -0.1) is 0 Å². The lowest BCUT2D eigenvalue weighted by Gasteiger charge is -2.34. The summed E-state index contributed by atoms with van der Waals surface area (Å²) in [5, 5.41) is 11.7. The molecule has 2 unspecified atom stereocenters. The molecule has 0 aliphatic rings. The molecule has 0 bridgehead atoms. The summed E-state index contributed by atoms with van der Waals surface area (Å²) in [7, 11) is 5.40. The van der Waals surface area contributed by atoms with E-state index in [4.69, 9.17) is 14.2 Å². The number of ether oxygens (including phenoxy) is 3. The van der Waals surface area contributed by atoms with Gasteiger partial charge in [0.15, 0.2) is 6.10 Å². The van der Waals surface area contributed by atoms with Crippen LogP contribution in [0, 0.1) is 0 Å². The van der Waals surface area contributed by atoms with Crippen LogP contribution in [0.1, 0.15) is 194 Å². The van der Waals surface area contributed by atoms with Crippen molar-refractivity contribution in [3.05, 3.63) is 97.2 Å². The number of carboxylic acids is 1. The minimum Gasteiger partial charge on any atom is -0.544 e. The molecule has 0 aromatic heterocycles. The van der Waals surface area contributed by atoms with Crippen LogP contribution in [0.5, 0.6) is 0 Å². The van der Waals surface area contributed by atoms with Crippen LogP contribution in [0.25, 0.3) is 0 Å². The van der Waals surface area contributed by atoms with Crippen molar-refractivity contribution in [3.8, 4) is 0 Å². The lowest BCUT2D eigenvalue weighted by atomic mass is 10.1. The summed E-state index contributed by atoms with van der Waals surface area (Å²) >= 11 is 0. The number of carboxylic acid groups (broad SMARTS) is 1. The first-order valence-corrected chi connectivity index (χ1v) is 25.8. The zero-order valence-electron chi connectivity index (χ0n) is 42.1. The Labute approximate surface area is 398 Å². The van der Waals surface area contributed by atoms with Crippen molar-refractivity contribution in [1.29, 1.82) is 0 Å². The molecule has 0 aliphatic carbocycles. The minimum atomic E-state index is -1.13. The lowest BCUT2D eigenvalue weighted by molar-refractivity contribution is -0.889. The maximum Gasteiger partial charge on any atom is 0.306 e. The number of likely N-dealkylation sites (N-methyl/N-ethyl adjacent to an activating group) is 1. The highest BCUT2D eigenvalue weighted by Gasteiger charge is 2.25. The first kappa shape index (κ1) is 61.2. The number of carbonyl (C=O) groups excluding carboxylic acids is 3. The van der Waals surface area contributed by atoms with E-state index in [0.717, 1.165) is 89.9 Å². The summed E-state index contributed by atoms with van der Waals surface area (Å²) in [4.78, 5) is 37.1. The molecule has 8 nitrogen and oxygen atoms in total. The SMILES string of the molecule is CC/C=C/C/C=C/C/C=C/C/C=C/CCCCCCCCCCCCC(=O)OCC(COCCC(C(=O)[O-])[N+](C)(C)C)OC(=O)CCCCCCC/C=C/C=C/C=C/C=C/CCCCC. The Hall–Kier alpha value is -3.75. The second-order valence-corrected chi connectivity index (χ2v) is 18.1. The predicted octanol–water partition coefficient (Wildman–Crippen LogP) is 13.7. The Morgan fingerprint density at radius 1 is 0.492 bits per heavy atom. The molecule has 0 spiro atoms. The number of carbonyl (C=O) groups is 3. The molecule has 2 atom stereocenters. The number of esters is 2. The highest BCUT2D eigenvalue weighted by atomic mass is 16.6. The second-order valence-electron chi connectivity index (χ2n) is 18.1. The van der Waals surface area contributed by atoms with E-state index < -0.39 is 18.1 Å². The Morgan fingerprint density at radius 2 is 0.923 bits per heavy atom. The maximum atomic E-state index is 12.8. The number of rotatable bonds is 45. The van der Waals surface area contributed by atoms with E-state index in [1.165, 1.54) is 70.6 Å². The van der Waals surface area contributed by atoms with Gasteiger partial charge in [0, 0.05) is 19.3 Å². The second kappa shape index (κ2) is 46.8. The minimum absolute atomic E-state index is 0.0242. The van der Waals surface area contributed by atoms with Gasteiger partial charge in [0.05, 0.1) is 40.3 Å². The van der Waals surface area contributed by atoms with Gasteiger partial charge in [-0.3, -0.25) is 9.59 Å². The van der Waals surface area contributed by atoms with Gasteiger partial charge >= 0.3 is 11.9 Å². The topological polar surface area (TPSA) is 102 Å². The molecule has 0 heterocycles. The van der Waals surface area contributed by atoms with Crippen molar-refractivity contribution in [2.24, 2.45) is 0 Å². The van der Waals surface area contributed by atoms with Gasteiger partial charge in [0.25, 0.3) is 0 Å². The van der Waals surface area contributed by atoms with Crippen LogP contribution in [-0.4, -0.2) is 75.5 Å². The van der Waals surface area contributed by atoms with Gasteiger partial charge in [-0.1, -0.05) is 195 Å². The van der Waals surface area contributed by atoms with Gasteiger partial charge in [0.2, 0.25) is 0 Å². The van der Waals surface area contributed by atoms with E-state index in [1.807, 2.05) is 6.08 Å². The molecular formula is C57H95NO7. The maximum absolute atomic E-state index is 12.8. The zero-order chi connectivity index (χ0) is 47.7. The van der Waals surface area contributed by atoms with E-state index in [1.54, 1.807) is 21.1 Å². The highest BCUT2D eigenvalue weighted by Crippen LogP contribution is 2.14. The molecule has 8 heteroatoms. The Morgan fingerprint density at radius 3 is 1.42 bits per heavy atom. The first-order chi connectivity index (χ1) is 31.6. The molecule has 0 aromatic carbocycles. The quantitative estimate of drug-likeness (QED) is 0.0197. The largest absolute Gasteiger partial charge is 0.544 e. The number of unbranched alkanes of at least 4 members (excludes halogenated alkanes) is 18. The van der Waals surface area contributed by atoms with Crippen LogP contribution in [0.15, 0.2) is 97.2 Å². The molecule has 65 heavy (non-hydrogen) atoms. The van der Waals surface area contributed by atoms with Gasteiger partial charge in [-0.25, -0.2) is 0 Å². The normalized spacial score (nSPS) is 13.7. The summed E-state index contributed by atoms with van der Waals surface area (Å²) in [5.74, 6) is -1.78. The van der Waals surface area contributed by atoms with Gasteiger partial charge in [-0.05, 0) is 77.0 Å². The fourth-order valence-corrected chi connectivity index (χ4v) is 7.07. The highest BCUT2D eigenvalue weighted by molar-refractivity contribution is 5.70. The average Bonchev–Trinajstić information content (AvgIpc) is 3.27. The smallest absolute Gasteiger partial charge is 0.306 e. The van der Waals surface area contributed by atoms with Crippen molar-refractivity contribution < 1.29 is 38.2 Å². The number of hydrogen-bond donors (Lipinski definition) is 0. The molecule has 0 radical (unpaired) electrons. The Kier molecular flexibility index (Phi) is 44.1. The summed E-state index contributed by atoms with van der Waals surface area (Å²) in [6.07, 6.45) is 62.9. The number of aliphatic carboxylic acids is 1. The number of hydrogen-bond acceptors (Lipinski definition) is 7. The first-order valence-electron chi connectivity index (χ1n) is 25.8. The van der Waals surface area contributed by atoms with Crippen LogP contribution < -0.4 is 5.11 Å². The fourth-order valence-electron chi connectivity index (χ4n) is 7.07. The standard InChI is InChI=1S/C57H95NO7/c1-6-8-10-12-14-16-18-20-22-24-26-27-28-29-30-32-33-35-37-39-41-43-45-47-55(59)64-52-53(51-63-50-49-54(57(61)62)58(3,4)5)65-56(60)48-46-44-42-40-38-36-34-31-25-23-21-19-17-15-13-11-9-7-2/h8,10,14-17,19-23,25-27,31,34,53-54H,6-7,9,11-13,18,24,28-30,32-33,35-52H2,1-5H3/b10-8+,16-14+,17-15+,21-19+,22-20+,25-23+,27-26+,34-31+. The monoisotopic (exact) mass is 906 g/mol. The van der Waals surface area contributed by atoms with Crippen LogP contribution in [0.3, 0.4) is 0 Å². The fraction of sp³-hybridized carbons (Fsp3) is 0.667. The molecule has 0 aromatic rings. The van der Waals surface area contributed by atoms with Crippen molar-refractivity contribution in [2.75, 3.05) is 41.0 Å². The molecule has 370 valence electrons. The van der Waals surface area contributed by atoms with Crippen LogP contribution in [0.4, 0.5) is 0 Å². The van der Waals surface area contributed by atoms with Crippen molar-refractivity contribution in [2.45, 2.75) is 206 Å². The molecule has 0 amide bonds. The third-order valence-electron chi connectivity index (χ3n) is 11.0. The number of quaternary nitrogens is 1. The molecule has 0 rings (SSSR count). The van der Waals surface area contributed by atoms with Crippen LogP contribution in [-0.2, 0) is 28.6 Å². The summed E-state index contributed by atoms with van der Waals surface area (Å²) in [6, 6.07) is -0.737. The molecule has 0 saturated heterocycles. The third kappa shape index (κ3) is 45.2. The molecular weight excluding hydrogens is 811 g/mol. The summed E-state index contributed by atoms with van der Waals surface area (Å²) in [6.45, 7) is 4.48. The number of nitrogens with zero attached hydrogens (tertiary/aromatic N) is 1. The summed E-state index contributed by atoms with van der Waals surface area (Å²) in [5.41, 5.74) is 0. The van der Waals surface area contributed by atoms with Gasteiger partial charge in [-0.2, -0.15) is 0 Å². The van der Waals surface area contributed by atoms with E-state index in [0.29, 0.717) is 6.42 Å². The number of allylic oxidation sites excluding steroid dienone is 16. The van der Waals surface area contributed by atoms with E-state index in [2.05, 4.69) is 105 Å². The third-order valence-corrected chi connectivity index (χ3v) is 11.0. The van der Waals surface area contributed by atoms with Crippen molar-refractivity contribution in [1.82, 2.24) is 0 Å². The molecule has 0 saturated carbocycles. The molecule has 0 fully saturated rings. The Bertz CT molecular complexity index is 1380. The lowest BCUT2D eigenvalue weighted by Crippen LogP contribution is -2.55. The van der Waals surface area contributed by atoms with Gasteiger partial charge < -0.3 is 28.6 Å². The molecule has 0 aliphatic heterocycles. The van der Waals surface area contributed by atoms with Gasteiger partial charge in [0.1, 0.15) is 12.6 Å². The van der Waals surface area contributed by atoms with Crippen molar-refractivity contribution >= 4 is 17.9 Å². The van der Waals surface area contributed by atoms with E-state index in [9.17, 15) is 19.5 Å². The Balaban J connectivity index is 4.30.